The van der Waals surface area contributed by atoms with E-state index in [1.807, 2.05) is 12.1 Å². The topological polar surface area (TPSA) is 42.0 Å². The second kappa shape index (κ2) is 3.26. The molecule has 0 atom stereocenters. The summed E-state index contributed by atoms with van der Waals surface area (Å²) < 4.78 is 0. The molecule has 1 aliphatic heterocycles. The van der Waals surface area contributed by atoms with E-state index in [1.165, 1.54) is 5.56 Å². The van der Waals surface area contributed by atoms with Gasteiger partial charge >= 0.3 is 0 Å². The molecule has 2 rings (SSSR count). The van der Waals surface area contributed by atoms with Gasteiger partial charge in [0.1, 0.15) is 5.69 Å². The van der Waals surface area contributed by atoms with E-state index in [0.29, 0.717) is 5.69 Å². The largest absolute Gasteiger partial charge is 0.311 e. The van der Waals surface area contributed by atoms with Crippen LogP contribution in [0.1, 0.15) is 28.7 Å². The Morgan fingerprint density at radius 1 is 1.54 bits per heavy atom. The molecular weight excluding hydrogens is 164 g/mol. The van der Waals surface area contributed by atoms with Gasteiger partial charge in [-0.3, -0.25) is 4.79 Å². The summed E-state index contributed by atoms with van der Waals surface area (Å²) in [7, 11) is 0. The third-order valence-corrected chi connectivity index (χ3v) is 2.29. The van der Waals surface area contributed by atoms with Gasteiger partial charge in [0.15, 0.2) is 5.78 Å². The first-order valence-corrected chi connectivity index (χ1v) is 4.48. The number of carbonyl (C=O) groups is 1. The van der Waals surface area contributed by atoms with Crippen molar-refractivity contribution in [2.75, 3.05) is 6.54 Å². The summed E-state index contributed by atoms with van der Waals surface area (Å²) in [4.78, 5) is 15.3. The molecule has 3 heteroatoms. The lowest BCUT2D eigenvalue weighted by molar-refractivity contribution is 0.101. The first kappa shape index (κ1) is 8.38. The van der Waals surface area contributed by atoms with Gasteiger partial charge in [0.05, 0.1) is 5.69 Å². The van der Waals surface area contributed by atoms with E-state index >= 15 is 0 Å². The predicted molar refractivity (Wildman–Crippen MR) is 49.7 cm³/mol. The first-order valence-electron chi connectivity index (χ1n) is 4.48. The van der Waals surface area contributed by atoms with Crippen molar-refractivity contribution in [3.63, 3.8) is 0 Å². The highest BCUT2D eigenvalue weighted by atomic mass is 16.1. The zero-order valence-electron chi connectivity index (χ0n) is 7.63. The number of nitrogens with one attached hydrogen (secondary N) is 1. The van der Waals surface area contributed by atoms with Crippen molar-refractivity contribution in [2.45, 2.75) is 19.9 Å². The van der Waals surface area contributed by atoms with Crippen molar-refractivity contribution >= 4 is 5.78 Å². The molecule has 0 radical (unpaired) electrons. The molecule has 2 heterocycles. The van der Waals surface area contributed by atoms with Crippen molar-refractivity contribution in [1.82, 2.24) is 10.3 Å². The highest BCUT2D eigenvalue weighted by Crippen LogP contribution is 2.12. The fraction of sp³-hybridized carbons (Fsp3) is 0.400. The van der Waals surface area contributed by atoms with Crippen LogP contribution in [0.2, 0.25) is 0 Å². The number of carbonyl (C=O) groups excluding carboxylic acids is 1. The van der Waals surface area contributed by atoms with E-state index < -0.39 is 0 Å². The van der Waals surface area contributed by atoms with Crippen LogP contribution in [0.15, 0.2) is 12.1 Å². The van der Waals surface area contributed by atoms with Crippen LogP contribution < -0.4 is 5.32 Å². The summed E-state index contributed by atoms with van der Waals surface area (Å²) in [6, 6.07) is 3.83. The van der Waals surface area contributed by atoms with Gasteiger partial charge in [-0.25, -0.2) is 4.98 Å². The smallest absolute Gasteiger partial charge is 0.178 e. The van der Waals surface area contributed by atoms with Gasteiger partial charge in [0, 0.05) is 13.5 Å². The number of Topliss-reactive ketones (excluding diaryl/α,β-unsaturated/α-hetero) is 1. The molecule has 1 aromatic rings. The van der Waals surface area contributed by atoms with Crippen molar-refractivity contribution in [1.29, 1.82) is 0 Å². The zero-order valence-corrected chi connectivity index (χ0v) is 7.63. The molecule has 0 fully saturated rings. The number of pyridine rings is 1. The maximum absolute atomic E-state index is 11.0. The van der Waals surface area contributed by atoms with Crippen LogP contribution in [0.3, 0.4) is 0 Å². The summed E-state index contributed by atoms with van der Waals surface area (Å²) in [6.45, 7) is 3.34. The summed E-state index contributed by atoms with van der Waals surface area (Å²) in [5.74, 6) is 0.0355. The van der Waals surface area contributed by atoms with E-state index in [9.17, 15) is 4.79 Å². The molecule has 68 valence electrons. The second-order valence-electron chi connectivity index (χ2n) is 3.29. The van der Waals surface area contributed by atoms with Crippen LogP contribution in [0, 0.1) is 0 Å². The third kappa shape index (κ3) is 1.60. The Balaban J connectivity index is 2.40. The molecule has 0 aromatic carbocycles. The van der Waals surface area contributed by atoms with Gasteiger partial charge in [-0.05, 0) is 24.6 Å². The van der Waals surface area contributed by atoms with Crippen LogP contribution in [0.4, 0.5) is 0 Å². The van der Waals surface area contributed by atoms with E-state index in [2.05, 4.69) is 10.3 Å². The molecule has 13 heavy (non-hydrogen) atoms. The Morgan fingerprint density at radius 3 is 3.15 bits per heavy atom. The number of fused-ring (bicyclic) bond motifs is 1. The molecule has 1 aliphatic rings. The summed E-state index contributed by atoms with van der Waals surface area (Å²) in [5.41, 5.74) is 2.87. The van der Waals surface area contributed by atoms with Gasteiger partial charge in [-0.1, -0.05) is 6.07 Å². The van der Waals surface area contributed by atoms with Crippen LogP contribution in [0.5, 0.6) is 0 Å². The number of nitrogens with zero attached hydrogens (tertiary/aromatic N) is 1. The SMILES string of the molecule is CC(=O)c1ccc2c(n1)CNCC2. The second-order valence-corrected chi connectivity index (χ2v) is 3.29. The molecular formula is C10H12N2O. The van der Waals surface area contributed by atoms with Gasteiger partial charge in [0.2, 0.25) is 0 Å². The van der Waals surface area contributed by atoms with Crippen molar-refractivity contribution < 1.29 is 4.79 Å². The summed E-state index contributed by atoms with van der Waals surface area (Å²) in [5, 5.41) is 3.23. The maximum atomic E-state index is 11.0. The zero-order chi connectivity index (χ0) is 9.26. The predicted octanol–water partition coefficient (Wildman–Crippen LogP) is 0.930. The standard InChI is InChI=1S/C10H12N2O/c1-7(13)9-3-2-8-4-5-11-6-10(8)12-9/h2-3,11H,4-6H2,1H3. The number of hydrogen-bond donors (Lipinski definition) is 1. The van der Waals surface area contributed by atoms with Crippen molar-refractivity contribution in [3.8, 4) is 0 Å². The summed E-state index contributed by atoms with van der Waals surface area (Å²) >= 11 is 0. The summed E-state index contributed by atoms with van der Waals surface area (Å²) in [6.07, 6.45) is 1.01. The van der Waals surface area contributed by atoms with Gasteiger partial charge in [-0.15, -0.1) is 0 Å². The molecule has 1 aromatic heterocycles. The van der Waals surface area contributed by atoms with E-state index in [0.717, 1.165) is 25.2 Å². The molecule has 1 N–H and O–H groups in total. The lowest BCUT2D eigenvalue weighted by atomic mass is 10.1. The first-order chi connectivity index (χ1) is 6.27. The highest BCUT2D eigenvalue weighted by molar-refractivity contribution is 5.92. The molecule has 0 bridgehead atoms. The molecule has 0 saturated carbocycles. The molecule has 3 nitrogen and oxygen atoms in total. The van der Waals surface area contributed by atoms with E-state index in [-0.39, 0.29) is 5.78 Å². The van der Waals surface area contributed by atoms with Crippen molar-refractivity contribution in [2.24, 2.45) is 0 Å². The molecule has 0 spiro atoms. The van der Waals surface area contributed by atoms with E-state index in [4.69, 9.17) is 0 Å². The normalized spacial score (nSPS) is 15.2. The van der Waals surface area contributed by atoms with Gasteiger partial charge in [0.25, 0.3) is 0 Å². The van der Waals surface area contributed by atoms with Crippen LogP contribution in [0.25, 0.3) is 0 Å². The fourth-order valence-corrected chi connectivity index (χ4v) is 1.54. The number of ketones is 1. The van der Waals surface area contributed by atoms with Crippen LogP contribution in [-0.4, -0.2) is 17.3 Å². The Labute approximate surface area is 77.2 Å². The fourth-order valence-electron chi connectivity index (χ4n) is 1.54. The molecule has 0 amide bonds. The van der Waals surface area contributed by atoms with Crippen LogP contribution in [-0.2, 0) is 13.0 Å². The minimum Gasteiger partial charge on any atom is -0.311 e. The van der Waals surface area contributed by atoms with E-state index in [1.54, 1.807) is 6.92 Å². The van der Waals surface area contributed by atoms with Gasteiger partial charge in [-0.2, -0.15) is 0 Å². The quantitative estimate of drug-likeness (QED) is 0.647. The highest BCUT2D eigenvalue weighted by Gasteiger charge is 2.11. The molecule has 0 unspecified atom stereocenters. The minimum atomic E-state index is 0.0355. The lowest BCUT2D eigenvalue weighted by Crippen LogP contribution is -2.25. The molecule has 0 saturated heterocycles. The molecule has 0 aliphatic carbocycles. The Morgan fingerprint density at radius 2 is 2.38 bits per heavy atom. The number of rotatable bonds is 1. The van der Waals surface area contributed by atoms with Gasteiger partial charge < -0.3 is 5.32 Å². The maximum Gasteiger partial charge on any atom is 0.178 e. The average Bonchev–Trinajstić information content (AvgIpc) is 2.17. The lowest BCUT2D eigenvalue weighted by Gasteiger charge is -2.15. The average molecular weight is 176 g/mol. The monoisotopic (exact) mass is 176 g/mol. The minimum absolute atomic E-state index is 0.0355. The third-order valence-electron chi connectivity index (χ3n) is 2.29. The Bertz CT molecular complexity index is 347. The number of aromatic nitrogens is 1. The Kier molecular flexibility index (Phi) is 2.10. The Hall–Kier alpha value is -1.22. The van der Waals surface area contributed by atoms with Crippen molar-refractivity contribution in [3.05, 3.63) is 29.1 Å². The van der Waals surface area contributed by atoms with Crippen LogP contribution >= 0.6 is 0 Å². The number of hydrogen-bond acceptors (Lipinski definition) is 3.